The molecule has 1 nitrogen and oxygen atoms in total. The molecule has 1 heterocycles. The van der Waals surface area contributed by atoms with Crippen molar-refractivity contribution in [2.45, 2.75) is 44.6 Å². The molecule has 1 fully saturated rings. The van der Waals surface area contributed by atoms with Crippen LogP contribution in [-0.2, 0) is 5.41 Å². The van der Waals surface area contributed by atoms with Gasteiger partial charge in [-0.2, -0.15) is 0 Å². The standard InChI is InChI=1S/C21H23N/c1-15-14-21(15,2)18-11-7-6-10-17(18)20-13-12-19(22-20)16-8-4-3-5-9-16/h3-4,6-8,10-13,15,20H,5,9,14H2,1-2H3. The molecular weight excluding hydrogens is 266 g/mol. The lowest BCUT2D eigenvalue weighted by molar-refractivity contribution is 0.685. The van der Waals surface area contributed by atoms with Gasteiger partial charge in [-0.1, -0.05) is 62.4 Å². The topological polar surface area (TPSA) is 12.4 Å². The Morgan fingerprint density at radius 2 is 2.05 bits per heavy atom. The number of benzene rings is 1. The third kappa shape index (κ3) is 2.20. The molecule has 0 bridgehead atoms. The summed E-state index contributed by atoms with van der Waals surface area (Å²) < 4.78 is 0. The Hall–Kier alpha value is -1.89. The van der Waals surface area contributed by atoms with E-state index in [2.05, 4.69) is 68.5 Å². The van der Waals surface area contributed by atoms with Crippen molar-refractivity contribution < 1.29 is 0 Å². The van der Waals surface area contributed by atoms with E-state index in [-0.39, 0.29) is 6.04 Å². The first-order valence-electron chi connectivity index (χ1n) is 8.40. The largest absolute Gasteiger partial charge is 0.273 e. The highest BCUT2D eigenvalue weighted by Gasteiger charge is 2.49. The Balaban J connectivity index is 1.67. The molecule has 0 aromatic heterocycles. The van der Waals surface area contributed by atoms with Crippen LogP contribution in [0.3, 0.4) is 0 Å². The highest BCUT2D eigenvalue weighted by atomic mass is 14.8. The van der Waals surface area contributed by atoms with E-state index >= 15 is 0 Å². The number of rotatable bonds is 3. The molecule has 0 spiro atoms. The highest BCUT2D eigenvalue weighted by molar-refractivity contribution is 6.10. The van der Waals surface area contributed by atoms with Crippen LogP contribution in [0, 0.1) is 5.92 Å². The van der Waals surface area contributed by atoms with Crippen molar-refractivity contribution in [2.24, 2.45) is 10.9 Å². The van der Waals surface area contributed by atoms with E-state index < -0.39 is 0 Å². The zero-order valence-corrected chi connectivity index (χ0v) is 13.4. The van der Waals surface area contributed by atoms with Crippen molar-refractivity contribution in [3.63, 3.8) is 0 Å². The first kappa shape index (κ1) is 13.8. The number of nitrogens with zero attached hydrogens (tertiary/aromatic N) is 1. The smallest absolute Gasteiger partial charge is 0.0944 e. The second kappa shape index (κ2) is 5.08. The van der Waals surface area contributed by atoms with Crippen LogP contribution in [0.25, 0.3) is 0 Å². The molecule has 0 amide bonds. The average Bonchev–Trinajstić information content (AvgIpc) is 2.99. The summed E-state index contributed by atoms with van der Waals surface area (Å²) in [4.78, 5) is 5.01. The summed E-state index contributed by atoms with van der Waals surface area (Å²) in [6.07, 6.45) is 14.6. The monoisotopic (exact) mass is 289 g/mol. The maximum Gasteiger partial charge on any atom is 0.0944 e. The molecule has 1 aliphatic heterocycles. The van der Waals surface area contributed by atoms with Crippen LogP contribution in [0.5, 0.6) is 0 Å². The van der Waals surface area contributed by atoms with E-state index in [0.717, 1.165) is 18.8 Å². The Bertz CT molecular complexity index is 719. The van der Waals surface area contributed by atoms with Gasteiger partial charge < -0.3 is 0 Å². The third-order valence-electron chi connectivity index (χ3n) is 5.61. The van der Waals surface area contributed by atoms with Crippen molar-refractivity contribution in [2.75, 3.05) is 0 Å². The zero-order valence-electron chi connectivity index (χ0n) is 13.4. The van der Waals surface area contributed by atoms with Gasteiger partial charge in [-0.05, 0) is 53.4 Å². The van der Waals surface area contributed by atoms with Crippen LogP contribution in [-0.4, -0.2) is 5.71 Å². The van der Waals surface area contributed by atoms with Gasteiger partial charge in [-0.15, -0.1) is 0 Å². The summed E-state index contributed by atoms with van der Waals surface area (Å²) in [5.41, 5.74) is 5.81. The molecule has 0 radical (unpaired) electrons. The number of aliphatic imine (C=N–C) groups is 1. The molecule has 1 aromatic carbocycles. The first-order chi connectivity index (χ1) is 10.7. The summed E-state index contributed by atoms with van der Waals surface area (Å²) in [5.74, 6) is 0.786. The van der Waals surface area contributed by atoms with Gasteiger partial charge >= 0.3 is 0 Å². The van der Waals surface area contributed by atoms with E-state index in [0.29, 0.717) is 5.41 Å². The molecule has 0 saturated heterocycles. The van der Waals surface area contributed by atoms with Crippen molar-refractivity contribution >= 4 is 5.71 Å². The van der Waals surface area contributed by atoms with Crippen molar-refractivity contribution in [1.29, 1.82) is 0 Å². The SMILES string of the molecule is CC1CC1(C)c1ccccc1C1C=CC(C2=CC=CCC2)=N1. The fourth-order valence-corrected chi connectivity index (χ4v) is 3.82. The lowest BCUT2D eigenvalue weighted by Gasteiger charge is -2.18. The first-order valence-corrected chi connectivity index (χ1v) is 8.40. The molecule has 4 rings (SSSR count). The Labute approximate surface area is 133 Å². The Morgan fingerprint density at radius 3 is 2.77 bits per heavy atom. The summed E-state index contributed by atoms with van der Waals surface area (Å²) in [6, 6.07) is 9.10. The van der Waals surface area contributed by atoms with Crippen LogP contribution in [0.15, 0.2) is 65.2 Å². The second-order valence-electron chi connectivity index (χ2n) is 7.09. The predicted octanol–water partition coefficient (Wildman–Crippen LogP) is 5.31. The van der Waals surface area contributed by atoms with Crippen molar-refractivity contribution in [1.82, 2.24) is 0 Å². The van der Waals surface area contributed by atoms with Crippen LogP contribution in [0.1, 0.15) is 50.3 Å². The van der Waals surface area contributed by atoms with Crippen LogP contribution >= 0.6 is 0 Å². The van der Waals surface area contributed by atoms with Crippen LogP contribution in [0.2, 0.25) is 0 Å². The molecule has 1 saturated carbocycles. The zero-order chi connectivity index (χ0) is 15.2. The average molecular weight is 289 g/mol. The normalized spacial score (nSPS) is 32.8. The lowest BCUT2D eigenvalue weighted by Crippen LogP contribution is -2.09. The van der Waals surface area contributed by atoms with Crippen LogP contribution in [0.4, 0.5) is 0 Å². The van der Waals surface area contributed by atoms with E-state index in [9.17, 15) is 0 Å². The van der Waals surface area contributed by atoms with Crippen molar-refractivity contribution in [3.8, 4) is 0 Å². The quantitative estimate of drug-likeness (QED) is 0.715. The van der Waals surface area contributed by atoms with Gasteiger partial charge in [0.15, 0.2) is 0 Å². The minimum Gasteiger partial charge on any atom is -0.273 e. The van der Waals surface area contributed by atoms with Gasteiger partial charge in [0.1, 0.15) is 0 Å². The van der Waals surface area contributed by atoms with E-state index in [1.165, 1.54) is 28.8 Å². The van der Waals surface area contributed by atoms with Gasteiger partial charge in [0.2, 0.25) is 0 Å². The fourth-order valence-electron chi connectivity index (χ4n) is 3.82. The maximum absolute atomic E-state index is 5.01. The molecule has 3 aliphatic rings. The Kier molecular flexibility index (Phi) is 3.18. The Morgan fingerprint density at radius 1 is 1.23 bits per heavy atom. The minimum atomic E-state index is 0.197. The molecule has 1 heteroatoms. The van der Waals surface area contributed by atoms with E-state index in [1.807, 2.05) is 0 Å². The molecular formula is C21H23N. The van der Waals surface area contributed by atoms with Gasteiger partial charge in [0, 0.05) is 0 Å². The van der Waals surface area contributed by atoms with Crippen LogP contribution < -0.4 is 0 Å². The van der Waals surface area contributed by atoms with E-state index in [4.69, 9.17) is 4.99 Å². The third-order valence-corrected chi connectivity index (χ3v) is 5.61. The number of allylic oxidation sites excluding steroid dienone is 5. The van der Waals surface area contributed by atoms with Gasteiger partial charge in [-0.25, -0.2) is 0 Å². The summed E-state index contributed by atoms with van der Waals surface area (Å²) in [5, 5.41) is 0. The predicted molar refractivity (Wildman–Crippen MR) is 93.3 cm³/mol. The fraction of sp³-hybridized carbons (Fsp3) is 0.381. The van der Waals surface area contributed by atoms with Crippen molar-refractivity contribution in [3.05, 3.63) is 71.3 Å². The molecule has 2 aliphatic carbocycles. The summed E-state index contributed by atoms with van der Waals surface area (Å²) in [7, 11) is 0. The maximum atomic E-state index is 5.01. The lowest BCUT2D eigenvalue weighted by atomic mass is 9.88. The second-order valence-corrected chi connectivity index (χ2v) is 7.09. The molecule has 0 N–H and O–H groups in total. The van der Waals surface area contributed by atoms with E-state index in [1.54, 1.807) is 0 Å². The summed E-state index contributed by atoms with van der Waals surface area (Å²) >= 11 is 0. The van der Waals surface area contributed by atoms with Gasteiger partial charge in [-0.3, -0.25) is 4.99 Å². The highest BCUT2D eigenvalue weighted by Crippen LogP contribution is 2.55. The molecule has 22 heavy (non-hydrogen) atoms. The van der Waals surface area contributed by atoms with Gasteiger partial charge in [0.25, 0.3) is 0 Å². The molecule has 3 unspecified atom stereocenters. The van der Waals surface area contributed by atoms with Gasteiger partial charge in [0.05, 0.1) is 11.8 Å². The minimum absolute atomic E-state index is 0.197. The summed E-state index contributed by atoms with van der Waals surface area (Å²) in [6.45, 7) is 4.75. The number of hydrogen-bond donors (Lipinski definition) is 0. The molecule has 1 aromatic rings. The molecule has 112 valence electrons. The number of hydrogen-bond acceptors (Lipinski definition) is 1. The molecule has 3 atom stereocenters.